The summed E-state index contributed by atoms with van der Waals surface area (Å²) >= 11 is 0. The molecule has 1 aliphatic carbocycles. The van der Waals surface area contributed by atoms with E-state index in [2.05, 4.69) is 6.92 Å². The van der Waals surface area contributed by atoms with Gasteiger partial charge in [-0.3, -0.25) is 0 Å². The smallest absolute Gasteiger partial charge is 0.178 e. The van der Waals surface area contributed by atoms with Crippen molar-refractivity contribution in [2.75, 3.05) is 0 Å². The molecule has 0 bridgehead atoms. The lowest BCUT2D eigenvalue weighted by Crippen LogP contribution is -2.38. The van der Waals surface area contributed by atoms with Crippen LogP contribution < -0.4 is 0 Å². The lowest BCUT2D eigenvalue weighted by molar-refractivity contribution is -0.356. The molecule has 0 aromatic rings. The SMILES string of the molecule is CCCCC12OC3O[C@H]4O[C@H]5O[C@@H](O1)[C@H]1C2[C@@H]3[C@@H]4[C@@H]51. The molecule has 5 heterocycles. The van der Waals surface area contributed by atoms with Crippen molar-refractivity contribution in [3.63, 3.8) is 0 Å². The van der Waals surface area contributed by atoms with E-state index >= 15 is 0 Å². The highest BCUT2D eigenvalue weighted by molar-refractivity contribution is 5.18. The second-order valence-electron chi connectivity index (χ2n) is 6.87. The normalized spacial score (nSPS) is 69.6. The molecular formula is C14H18O5. The van der Waals surface area contributed by atoms with Gasteiger partial charge in [-0.2, -0.15) is 0 Å². The van der Waals surface area contributed by atoms with Gasteiger partial charge in [0.05, 0.1) is 0 Å². The maximum absolute atomic E-state index is 6.24. The Morgan fingerprint density at radius 2 is 1.37 bits per heavy atom. The van der Waals surface area contributed by atoms with E-state index in [-0.39, 0.29) is 25.2 Å². The van der Waals surface area contributed by atoms with Gasteiger partial charge in [0.1, 0.15) is 0 Å². The third-order valence-corrected chi connectivity index (χ3v) is 6.24. The third kappa shape index (κ3) is 0.939. The molecule has 1 saturated carbocycles. The van der Waals surface area contributed by atoms with Gasteiger partial charge in [0, 0.05) is 36.0 Å². The maximum Gasteiger partial charge on any atom is 0.178 e. The Labute approximate surface area is 111 Å². The number of hydrogen-bond acceptors (Lipinski definition) is 5. The van der Waals surface area contributed by atoms with Crippen LogP contribution >= 0.6 is 0 Å². The Balaban J connectivity index is 1.48. The minimum atomic E-state index is -0.430. The van der Waals surface area contributed by atoms with Crippen molar-refractivity contribution in [3.8, 4) is 0 Å². The van der Waals surface area contributed by atoms with E-state index in [1.165, 1.54) is 0 Å². The number of ether oxygens (including phenoxy) is 5. The molecule has 0 radical (unpaired) electrons. The summed E-state index contributed by atoms with van der Waals surface area (Å²) < 4.78 is 30.3. The molecule has 5 aliphatic heterocycles. The first-order chi connectivity index (χ1) is 9.32. The van der Waals surface area contributed by atoms with E-state index < -0.39 is 5.79 Å². The van der Waals surface area contributed by atoms with Crippen LogP contribution in [0.4, 0.5) is 0 Å². The van der Waals surface area contributed by atoms with Crippen LogP contribution in [0.2, 0.25) is 0 Å². The Kier molecular flexibility index (Phi) is 1.67. The molecule has 5 saturated heterocycles. The van der Waals surface area contributed by atoms with Crippen molar-refractivity contribution in [1.29, 1.82) is 0 Å². The standard InChI is InChI=1S/C14H18O5/c1-2-3-4-14-9-7-5-6-8(9)13(19-14)17-11(6)15-10(5)16-12(7)18-14/h5-13H,2-4H2,1H3/t5-,6+,7-,8+,9?,10+,11-,12+,13?,14?/m1/s1. The van der Waals surface area contributed by atoms with E-state index in [0.29, 0.717) is 29.6 Å². The van der Waals surface area contributed by atoms with Crippen LogP contribution in [-0.4, -0.2) is 30.9 Å². The maximum atomic E-state index is 6.24. The summed E-state index contributed by atoms with van der Waals surface area (Å²) in [4.78, 5) is 0. The largest absolute Gasteiger partial charge is 0.323 e. The molecule has 3 unspecified atom stereocenters. The van der Waals surface area contributed by atoms with Gasteiger partial charge in [-0.15, -0.1) is 0 Å². The van der Waals surface area contributed by atoms with Crippen LogP contribution in [0.15, 0.2) is 0 Å². The van der Waals surface area contributed by atoms with E-state index in [4.69, 9.17) is 23.7 Å². The minimum absolute atomic E-state index is 0.0966. The molecule has 0 aromatic carbocycles. The fourth-order valence-electron chi connectivity index (χ4n) is 5.77. The molecule has 0 aromatic heterocycles. The third-order valence-electron chi connectivity index (χ3n) is 6.24. The topological polar surface area (TPSA) is 46.2 Å². The van der Waals surface area contributed by atoms with Crippen molar-refractivity contribution in [1.82, 2.24) is 0 Å². The van der Waals surface area contributed by atoms with Crippen molar-refractivity contribution in [2.24, 2.45) is 29.6 Å². The van der Waals surface area contributed by atoms with E-state index in [0.717, 1.165) is 19.3 Å². The van der Waals surface area contributed by atoms with Gasteiger partial charge in [0.2, 0.25) is 0 Å². The van der Waals surface area contributed by atoms with Gasteiger partial charge < -0.3 is 23.7 Å². The summed E-state index contributed by atoms with van der Waals surface area (Å²) in [7, 11) is 0. The predicted molar refractivity (Wildman–Crippen MR) is 60.3 cm³/mol. The first kappa shape index (κ1) is 10.5. The second kappa shape index (κ2) is 3.02. The first-order valence-electron chi connectivity index (χ1n) is 7.64. The van der Waals surface area contributed by atoms with Gasteiger partial charge in [-0.25, -0.2) is 0 Å². The van der Waals surface area contributed by atoms with Crippen LogP contribution in [0.25, 0.3) is 0 Å². The number of hydrogen-bond donors (Lipinski definition) is 0. The molecule has 0 spiro atoms. The van der Waals surface area contributed by atoms with Crippen LogP contribution in [0, 0.1) is 29.6 Å². The van der Waals surface area contributed by atoms with Crippen molar-refractivity contribution in [3.05, 3.63) is 0 Å². The number of unbranched alkanes of at least 4 members (excludes halogenated alkanes) is 1. The van der Waals surface area contributed by atoms with Crippen molar-refractivity contribution in [2.45, 2.75) is 57.1 Å². The molecule has 0 N–H and O–H groups in total. The monoisotopic (exact) mass is 266 g/mol. The Bertz CT molecular complexity index is 421. The van der Waals surface area contributed by atoms with Gasteiger partial charge in [-0.1, -0.05) is 13.3 Å². The van der Waals surface area contributed by atoms with Crippen LogP contribution in [0.1, 0.15) is 26.2 Å². The van der Waals surface area contributed by atoms with Crippen LogP contribution in [-0.2, 0) is 23.7 Å². The average molecular weight is 266 g/mol. The molecule has 10 atom stereocenters. The molecule has 104 valence electrons. The van der Waals surface area contributed by atoms with Crippen LogP contribution in [0.5, 0.6) is 0 Å². The lowest BCUT2D eigenvalue weighted by atomic mass is 9.83. The second-order valence-corrected chi connectivity index (χ2v) is 6.87. The van der Waals surface area contributed by atoms with E-state index in [9.17, 15) is 0 Å². The lowest BCUT2D eigenvalue weighted by Gasteiger charge is -2.31. The van der Waals surface area contributed by atoms with Gasteiger partial charge in [0.15, 0.2) is 30.9 Å². The zero-order valence-electron chi connectivity index (χ0n) is 10.9. The molecule has 5 heteroatoms. The zero-order chi connectivity index (χ0) is 12.4. The summed E-state index contributed by atoms with van der Waals surface area (Å²) in [5.74, 6) is 1.92. The highest BCUT2D eigenvalue weighted by Gasteiger charge is 2.83. The van der Waals surface area contributed by atoms with Gasteiger partial charge in [-0.05, 0) is 6.42 Å². The zero-order valence-corrected chi connectivity index (χ0v) is 10.9. The first-order valence-corrected chi connectivity index (χ1v) is 7.64. The minimum Gasteiger partial charge on any atom is -0.323 e. The fraction of sp³-hybridized carbons (Fsp3) is 1.00. The summed E-state index contributed by atoms with van der Waals surface area (Å²) in [6, 6.07) is 0. The summed E-state index contributed by atoms with van der Waals surface area (Å²) in [5, 5.41) is 0. The molecule has 19 heavy (non-hydrogen) atoms. The van der Waals surface area contributed by atoms with E-state index in [1.807, 2.05) is 0 Å². The average Bonchev–Trinajstić information content (AvgIpc) is 3.10. The van der Waals surface area contributed by atoms with E-state index in [1.54, 1.807) is 0 Å². The molecule has 6 aliphatic rings. The highest BCUT2D eigenvalue weighted by atomic mass is 16.9. The molecule has 6 rings (SSSR count). The molecule has 5 nitrogen and oxygen atoms in total. The molecule has 0 amide bonds. The quantitative estimate of drug-likeness (QED) is 0.773. The van der Waals surface area contributed by atoms with Crippen molar-refractivity contribution >= 4 is 0 Å². The van der Waals surface area contributed by atoms with Gasteiger partial charge in [0.25, 0.3) is 0 Å². The Hall–Kier alpha value is -0.200. The van der Waals surface area contributed by atoms with Crippen LogP contribution in [0.3, 0.4) is 0 Å². The molecule has 6 fully saturated rings. The fourth-order valence-corrected chi connectivity index (χ4v) is 5.77. The molecular weight excluding hydrogens is 248 g/mol. The number of rotatable bonds is 3. The highest BCUT2D eigenvalue weighted by Crippen LogP contribution is 2.74. The summed E-state index contributed by atoms with van der Waals surface area (Å²) in [6.45, 7) is 2.21. The van der Waals surface area contributed by atoms with Gasteiger partial charge >= 0.3 is 0 Å². The summed E-state index contributed by atoms with van der Waals surface area (Å²) in [5.41, 5.74) is 0. The Morgan fingerprint density at radius 3 is 1.95 bits per heavy atom. The Morgan fingerprint density at radius 1 is 0.789 bits per heavy atom. The summed E-state index contributed by atoms with van der Waals surface area (Å²) in [6.07, 6.45) is 2.86. The predicted octanol–water partition coefficient (Wildman–Crippen LogP) is 1.42. The van der Waals surface area contributed by atoms with Crippen molar-refractivity contribution < 1.29 is 23.7 Å².